The number of nitrogens with two attached hydrogens (primary N) is 1. The maximum atomic E-state index is 5.88. The van der Waals surface area contributed by atoms with E-state index in [9.17, 15) is 0 Å². The molecule has 0 aliphatic carbocycles. The number of aromatic nitrogens is 2. The lowest BCUT2D eigenvalue weighted by Crippen LogP contribution is -2.16. The number of hydrogen-bond donors (Lipinski definition) is 1. The maximum absolute atomic E-state index is 5.88. The number of nitrogens with zero attached hydrogens (tertiary/aromatic N) is 2. The quantitative estimate of drug-likeness (QED) is 0.923. The van der Waals surface area contributed by atoms with Crippen molar-refractivity contribution in [1.82, 2.24) is 10.1 Å². The molecule has 3 rings (SSSR count). The normalized spacial score (nSPS) is 18.1. The topological polar surface area (TPSA) is 74.2 Å². The molecule has 0 amide bonds. The first-order chi connectivity index (χ1) is 9.88. The third-order valence-electron chi connectivity index (χ3n) is 3.78. The molecule has 0 bridgehead atoms. The standard InChI is InChI=1S/C15H19N3O2/c16-10-13(11-4-2-1-3-5-11)15-17-14(18-20-15)12-6-8-19-9-7-12/h1-5,12-13H,6-10,16H2. The van der Waals surface area contributed by atoms with Gasteiger partial charge in [0.25, 0.3) is 0 Å². The molecule has 2 heterocycles. The van der Waals surface area contributed by atoms with E-state index in [1.165, 1.54) is 0 Å². The Morgan fingerprint density at radius 3 is 2.65 bits per heavy atom. The second-order valence-corrected chi connectivity index (χ2v) is 5.08. The number of ether oxygens (including phenoxy) is 1. The summed E-state index contributed by atoms with van der Waals surface area (Å²) in [6.45, 7) is 2.00. The fourth-order valence-corrected chi connectivity index (χ4v) is 2.58. The van der Waals surface area contributed by atoms with E-state index in [1.807, 2.05) is 30.3 Å². The molecule has 5 heteroatoms. The first-order valence-electron chi connectivity index (χ1n) is 7.04. The molecule has 1 unspecified atom stereocenters. The summed E-state index contributed by atoms with van der Waals surface area (Å²) in [5.74, 6) is 1.71. The minimum Gasteiger partial charge on any atom is -0.381 e. The van der Waals surface area contributed by atoms with Crippen LogP contribution in [-0.4, -0.2) is 29.9 Å². The lowest BCUT2D eigenvalue weighted by Gasteiger charge is -2.18. The SMILES string of the molecule is NCC(c1ccccc1)c1nc(C2CCOCC2)no1. The summed E-state index contributed by atoms with van der Waals surface area (Å²) in [5, 5.41) is 4.14. The molecule has 0 spiro atoms. The fourth-order valence-electron chi connectivity index (χ4n) is 2.58. The molecule has 1 aromatic carbocycles. The molecule has 0 saturated carbocycles. The van der Waals surface area contributed by atoms with Crippen LogP contribution in [0.1, 0.15) is 42.0 Å². The summed E-state index contributed by atoms with van der Waals surface area (Å²) in [4.78, 5) is 4.57. The first kappa shape index (κ1) is 13.3. The van der Waals surface area contributed by atoms with Gasteiger partial charge in [0.15, 0.2) is 5.82 Å². The Morgan fingerprint density at radius 1 is 1.20 bits per heavy atom. The van der Waals surface area contributed by atoms with Gasteiger partial charge in [0, 0.05) is 25.7 Å². The summed E-state index contributed by atoms with van der Waals surface area (Å²) in [5.41, 5.74) is 6.99. The molecule has 1 atom stereocenters. The Balaban J connectivity index is 1.81. The molecule has 106 valence electrons. The molecule has 20 heavy (non-hydrogen) atoms. The Morgan fingerprint density at radius 2 is 1.95 bits per heavy atom. The number of benzene rings is 1. The zero-order valence-electron chi connectivity index (χ0n) is 11.4. The fraction of sp³-hybridized carbons (Fsp3) is 0.467. The van der Waals surface area contributed by atoms with Gasteiger partial charge in [-0.25, -0.2) is 0 Å². The van der Waals surface area contributed by atoms with E-state index >= 15 is 0 Å². The van der Waals surface area contributed by atoms with Crippen molar-refractivity contribution < 1.29 is 9.26 Å². The molecule has 1 aliphatic heterocycles. The highest BCUT2D eigenvalue weighted by atomic mass is 16.5. The average Bonchev–Trinajstić information content (AvgIpc) is 3.00. The van der Waals surface area contributed by atoms with Gasteiger partial charge < -0.3 is 15.0 Å². The highest BCUT2D eigenvalue weighted by Gasteiger charge is 2.24. The van der Waals surface area contributed by atoms with Crippen molar-refractivity contribution in [3.8, 4) is 0 Å². The van der Waals surface area contributed by atoms with Gasteiger partial charge >= 0.3 is 0 Å². The second kappa shape index (κ2) is 6.15. The van der Waals surface area contributed by atoms with Crippen molar-refractivity contribution in [3.63, 3.8) is 0 Å². The Hall–Kier alpha value is -1.72. The molecule has 5 nitrogen and oxygen atoms in total. The van der Waals surface area contributed by atoms with E-state index in [0.717, 1.165) is 37.4 Å². The van der Waals surface area contributed by atoms with Crippen LogP contribution in [0.25, 0.3) is 0 Å². The van der Waals surface area contributed by atoms with E-state index in [2.05, 4.69) is 10.1 Å². The molecular weight excluding hydrogens is 254 g/mol. The first-order valence-corrected chi connectivity index (χ1v) is 7.04. The number of rotatable bonds is 4. The van der Waals surface area contributed by atoms with Crippen molar-refractivity contribution in [2.45, 2.75) is 24.7 Å². The Kier molecular flexibility index (Phi) is 4.08. The predicted molar refractivity (Wildman–Crippen MR) is 74.4 cm³/mol. The van der Waals surface area contributed by atoms with E-state index in [0.29, 0.717) is 18.4 Å². The molecule has 1 aliphatic rings. The monoisotopic (exact) mass is 273 g/mol. The van der Waals surface area contributed by atoms with Gasteiger partial charge in [0.1, 0.15) is 0 Å². The van der Waals surface area contributed by atoms with Crippen LogP contribution in [0.3, 0.4) is 0 Å². The summed E-state index contributed by atoms with van der Waals surface area (Å²) in [6, 6.07) is 10.0. The van der Waals surface area contributed by atoms with E-state index < -0.39 is 0 Å². The lowest BCUT2D eigenvalue weighted by atomic mass is 9.98. The smallest absolute Gasteiger partial charge is 0.235 e. The lowest BCUT2D eigenvalue weighted by molar-refractivity contribution is 0.0830. The average molecular weight is 273 g/mol. The van der Waals surface area contributed by atoms with Crippen LogP contribution in [0.15, 0.2) is 34.9 Å². The van der Waals surface area contributed by atoms with Crippen LogP contribution in [0.2, 0.25) is 0 Å². The third-order valence-corrected chi connectivity index (χ3v) is 3.78. The van der Waals surface area contributed by atoms with Gasteiger partial charge in [0.2, 0.25) is 5.89 Å². The van der Waals surface area contributed by atoms with Crippen LogP contribution in [0.5, 0.6) is 0 Å². The van der Waals surface area contributed by atoms with Gasteiger partial charge in [-0.05, 0) is 18.4 Å². The summed E-state index contributed by atoms with van der Waals surface area (Å²) < 4.78 is 10.8. The second-order valence-electron chi connectivity index (χ2n) is 5.08. The minimum atomic E-state index is -0.0303. The molecule has 2 N–H and O–H groups in total. The summed E-state index contributed by atoms with van der Waals surface area (Å²) >= 11 is 0. The van der Waals surface area contributed by atoms with Crippen molar-refractivity contribution in [2.24, 2.45) is 5.73 Å². The zero-order chi connectivity index (χ0) is 13.8. The minimum absolute atomic E-state index is 0.0303. The van der Waals surface area contributed by atoms with Gasteiger partial charge in [-0.1, -0.05) is 35.5 Å². The van der Waals surface area contributed by atoms with Crippen molar-refractivity contribution >= 4 is 0 Å². The van der Waals surface area contributed by atoms with Gasteiger partial charge in [0.05, 0.1) is 5.92 Å². The highest BCUT2D eigenvalue weighted by Crippen LogP contribution is 2.27. The third kappa shape index (κ3) is 2.73. The highest BCUT2D eigenvalue weighted by molar-refractivity contribution is 5.25. The van der Waals surface area contributed by atoms with Crippen molar-refractivity contribution in [2.75, 3.05) is 19.8 Å². The van der Waals surface area contributed by atoms with Gasteiger partial charge in [-0.2, -0.15) is 4.98 Å². The van der Waals surface area contributed by atoms with Crippen LogP contribution in [0, 0.1) is 0 Å². The van der Waals surface area contributed by atoms with Crippen LogP contribution in [0.4, 0.5) is 0 Å². The van der Waals surface area contributed by atoms with E-state index in [4.69, 9.17) is 15.0 Å². The van der Waals surface area contributed by atoms with Crippen LogP contribution in [-0.2, 0) is 4.74 Å². The zero-order valence-corrected chi connectivity index (χ0v) is 11.4. The maximum Gasteiger partial charge on any atom is 0.235 e. The number of hydrogen-bond acceptors (Lipinski definition) is 5. The summed E-state index contributed by atoms with van der Waals surface area (Å²) in [7, 11) is 0. The van der Waals surface area contributed by atoms with E-state index in [1.54, 1.807) is 0 Å². The molecule has 1 fully saturated rings. The van der Waals surface area contributed by atoms with E-state index in [-0.39, 0.29) is 5.92 Å². The van der Waals surface area contributed by atoms with Gasteiger partial charge in [-0.15, -0.1) is 0 Å². The van der Waals surface area contributed by atoms with Crippen LogP contribution >= 0.6 is 0 Å². The van der Waals surface area contributed by atoms with Crippen molar-refractivity contribution in [1.29, 1.82) is 0 Å². The molecule has 0 radical (unpaired) electrons. The Labute approximate surface area is 118 Å². The largest absolute Gasteiger partial charge is 0.381 e. The molecule has 1 aromatic heterocycles. The summed E-state index contributed by atoms with van der Waals surface area (Å²) in [6.07, 6.45) is 1.91. The Bertz CT molecular complexity index is 535. The molecule has 1 saturated heterocycles. The molecular formula is C15H19N3O2. The van der Waals surface area contributed by atoms with Gasteiger partial charge in [-0.3, -0.25) is 0 Å². The van der Waals surface area contributed by atoms with Crippen LogP contribution < -0.4 is 5.73 Å². The van der Waals surface area contributed by atoms with Crippen molar-refractivity contribution in [3.05, 3.63) is 47.6 Å². The predicted octanol–water partition coefficient (Wildman–Crippen LogP) is 2.05. The molecule has 2 aromatic rings.